The Morgan fingerprint density at radius 3 is 2.58 bits per heavy atom. The maximum Gasteiger partial charge on any atom is 0.222 e. The van der Waals surface area contributed by atoms with Crippen molar-refractivity contribution in [2.45, 2.75) is 46.1 Å². The average molecular weight is 169 g/mol. The van der Waals surface area contributed by atoms with Crippen LogP contribution >= 0.6 is 0 Å². The number of amides is 1. The predicted octanol–water partition coefficient (Wildman–Crippen LogP) is 2.04. The average Bonchev–Trinajstić information content (AvgIpc) is 2.48. The monoisotopic (exact) mass is 169 g/mol. The number of hydrogen-bond donors (Lipinski definition) is 0. The molecule has 1 fully saturated rings. The summed E-state index contributed by atoms with van der Waals surface area (Å²) in [6.07, 6.45) is 2.98. The third-order valence-electron chi connectivity index (χ3n) is 3.07. The van der Waals surface area contributed by atoms with Crippen molar-refractivity contribution in [1.82, 2.24) is 4.90 Å². The molecule has 1 aliphatic rings. The lowest BCUT2D eigenvalue weighted by atomic mass is 10.00. The molecule has 0 aromatic carbocycles. The minimum absolute atomic E-state index is 0.350. The van der Waals surface area contributed by atoms with Gasteiger partial charge in [-0.1, -0.05) is 20.3 Å². The van der Waals surface area contributed by atoms with Gasteiger partial charge in [0.25, 0.3) is 0 Å². The molecule has 1 aliphatic heterocycles. The molecule has 2 unspecified atom stereocenters. The fraction of sp³-hybridized carbons (Fsp3) is 0.900. The number of rotatable bonds is 3. The van der Waals surface area contributed by atoms with E-state index in [1.165, 1.54) is 0 Å². The van der Waals surface area contributed by atoms with Gasteiger partial charge in [-0.15, -0.1) is 0 Å². The summed E-state index contributed by atoms with van der Waals surface area (Å²) in [6.45, 7) is 7.54. The van der Waals surface area contributed by atoms with E-state index < -0.39 is 0 Å². The quantitative estimate of drug-likeness (QED) is 0.633. The highest BCUT2D eigenvalue weighted by Gasteiger charge is 2.27. The van der Waals surface area contributed by atoms with Crippen LogP contribution in [0.4, 0.5) is 0 Å². The summed E-state index contributed by atoms with van der Waals surface area (Å²) in [6, 6.07) is 0.435. The van der Waals surface area contributed by atoms with E-state index in [4.69, 9.17) is 0 Å². The molecule has 0 aromatic heterocycles. The fourth-order valence-corrected chi connectivity index (χ4v) is 1.75. The van der Waals surface area contributed by atoms with E-state index in [1.807, 2.05) is 4.90 Å². The van der Waals surface area contributed by atoms with E-state index in [9.17, 15) is 4.79 Å². The van der Waals surface area contributed by atoms with Crippen molar-refractivity contribution >= 4 is 5.91 Å². The lowest BCUT2D eigenvalue weighted by Gasteiger charge is -2.28. The maximum atomic E-state index is 11.4. The molecule has 0 aromatic rings. The summed E-state index contributed by atoms with van der Waals surface area (Å²) in [7, 11) is 0. The molecule has 70 valence electrons. The van der Waals surface area contributed by atoms with Gasteiger partial charge in [0.1, 0.15) is 0 Å². The van der Waals surface area contributed by atoms with Crippen LogP contribution in [-0.4, -0.2) is 23.4 Å². The van der Waals surface area contributed by atoms with Crippen molar-refractivity contribution < 1.29 is 4.79 Å². The van der Waals surface area contributed by atoms with Crippen LogP contribution < -0.4 is 0 Å². The highest BCUT2D eigenvalue weighted by atomic mass is 16.2. The van der Waals surface area contributed by atoms with Gasteiger partial charge < -0.3 is 4.90 Å². The minimum Gasteiger partial charge on any atom is -0.340 e. The molecule has 1 rings (SSSR count). The van der Waals surface area contributed by atoms with Crippen LogP contribution in [0.1, 0.15) is 40.0 Å². The zero-order valence-electron chi connectivity index (χ0n) is 8.34. The molecule has 2 atom stereocenters. The Hall–Kier alpha value is -0.530. The Morgan fingerprint density at radius 1 is 1.50 bits per heavy atom. The van der Waals surface area contributed by atoms with E-state index in [1.54, 1.807) is 0 Å². The largest absolute Gasteiger partial charge is 0.340 e. The Kier molecular flexibility index (Phi) is 3.12. The standard InChI is InChI=1S/C10H19NO/c1-4-8(2)9(3)11-7-5-6-10(11)12/h8-9H,4-7H2,1-3H3. The second-order valence-corrected chi connectivity index (χ2v) is 3.82. The smallest absolute Gasteiger partial charge is 0.222 e. The molecule has 0 spiro atoms. The zero-order chi connectivity index (χ0) is 9.14. The summed E-state index contributed by atoms with van der Waals surface area (Å²) < 4.78 is 0. The van der Waals surface area contributed by atoms with Gasteiger partial charge in [0.05, 0.1) is 0 Å². The van der Waals surface area contributed by atoms with Gasteiger partial charge in [0.2, 0.25) is 5.91 Å². The molecular formula is C10H19NO. The van der Waals surface area contributed by atoms with Gasteiger partial charge in [-0.05, 0) is 19.3 Å². The summed E-state index contributed by atoms with van der Waals surface area (Å²) >= 11 is 0. The molecule has 1 saturated heterocycles. The summed E-state index contributed by atoms with van der Waals surface area (Å²) in [5.41, 5.74) is 0. The van der Waals surface area contributed by atoms with Gasteiger partial charge in [0.15, 0.2) is 0 Å². The molecule has 0 saturated carbocycles. The minimum atomic E-state index is 0.350. The van der Waals surface area contributed by atoms with Crippen molar-refractivity contribution in [1.29, 1.82) is 0 Å². The molecule has 2 heteroatoms. The second kappa shape index (κ2) is 3.92. The number of hydrogen-bond acceptors (Lipinski definition) is 1. The zero-order valence-corrected chi connectivity index (χ0v) is 8.34. The first-order valence-corrected chi connectivity index (χ1v) is 4.96. The molecule has 2 nitrogen and oxygen atoms in total. The third-order valence-corrected chi connectivity index (χ3v) is 3.07. The van der Waals surface area contributed by atoms with E-state index in [0.29, 0.717) is 17.9 Å². The van der Waals surface area contributed by atoms with E-state index >= 15 is 0 Å². The number of carbonyl (C=O) groups excluding carboxylic acids is 1. The topological polar surface area (TPSA) is 20.3 Å². The Labute approximate surface area is 74.9 Å². The van der Waals surface area contributed by atoms with Crippen LogP contribution in [0, 0.1) is 5.92 Å². The van der Waals surface area contributed by atoms with Crippen molar-refractivity contribution in [2.75, 3.05) is 6.54 Å². The van der Waals surface area contributed by atoms with Crippen molar-refractivity contribution in [3.8, 4) is 0 Å². The van der Waals surface area contributed by atoms with Crippen LogP contribution in [0.3, 0.4) is 0 Å². The van der Waals surface area contributed by atoms with Crippen LogP contribution in [0.25, 0.3) is 0 Å². The van der Waals surface area contributed by atoms with E-state index in [0.717, 1.165) is 25.8 Å². The van der Waals surface area contributed by atoms with Crippen molar-refractivity contribution in [2.24, 2.45) is 5.92 Å². The first-order chi connectivity index (χ1) is 5.66. The third kappa shape index (κ3) is 1.79. The van der Waals surface area contributed by atoms with Crippen LogP contribution in [-0.2, 0) is 4.79 Å². The number of nitrogens with zero attached hydrogens (tertiary/aromatic N) is 1. The van der Waals surface area contributed by atoms with Gasteiger partial charge in [-0.2, -0.15) is 0 Å². The lowest BCUT2D eigenvalue weighted by molar-refractivity contribution is -0.130. The Balaban J connectivity index is 2.51. The van der Waals surface area contributed by atoms with E-state index in [2.05, 4.69) is 20.8 Å². The van der Waals surface area contributed by atoms with Crippen LogP contribution in [0.2, 0.25) is 0 Å². The number of carbonyl (C=O) groups is 1. The molecule has 1 amide bonds. The second-order valence-electron chi connectivity index (χ2n) is 3.82. The molecule has 0 bridgehead atoms. The first-order valence-electron chi connectivity index (χ1n) is 4.96. The molecule has 0 aliphatic carbocycles. The maximum absolute atomic E-state index is 11.4. The Morgan fingerprint density at radius 2 is 2.17 bits per heavy atom. The van der Waals surface area contributed by atoms with Gasteiger partial charge in [0, 0.05) is 19.0 Å². The number of likely N-dealkylation sites (tertiary alicyclic amines) is 1. The molecule has 1 heterocycles. The van der Waals surface area contributed by atoms with E-state index in [-0.39, 0.29) is 0 Å². The molecule has 0 radical (unpaired) electrons. The summed E-state index contributed by atoms with van der Waals surface area (Å²) in [4.78, 5) is 13.4. The lowest BCUT2D eigenvalue weighted by Crippen LogP contribution is -2.38. The normalized spacial score (nSPS) is 22.9. The van der Waals surface area contributed by atoms with Crippen LogP contribution in [0.15, 0.2) is 0 Å². The summed E-state index contributed by atoms with van der Waals surface area (Å²) in [5, 5.41) is 0. The van der Waals surface area contributed by atoms with Gasteiger partial charge in [-0.25, -0.2) is 0 Å². The van der Waals surface area contributed by atoms with Gasteiger partial charge in [-0.3, -0.25) is 4.79 Å². The molecule has 12 heavy (non-hydrogen) atoms. The highest BCUT2D eigenvalue weighted by molar-refractivity contribution is 5.78. The van der Waals surface area contributed by atoms with Crippen LogP contribution in [0.5, 0.6) is 0 Å². The summed E-state index contributed by atoms with van der Waals surface area (Å²) in [5.74, 6) is 0.981. The Bertz CT molecular complexity index is 167. The van der Waals surface area contributed by atoms with Crippen molar-refractivity contribution in [3.05, 3.63) is 0 Å². The fourth-order valence-electron chi connectivity index (χ4n) is 1.75. The molecule has 0 N–H and O–H groups in total. The first kappa shape index (κ1) is 9.56. The predicted molar refractivity (Wildman–Crippen MR) is 49.9 cm³/mol. The highest BCUT2D eigenvalue weighted by Crippen LogP contribution is 2.20. The SMILES string of the molecule is CCC(C)C(C)N1CCCC1=O. The molecular weight excluding hydrogens is 150 g/mol. The van der Waals surface area contributed by atoms with Gasteiger partial charge >= 0.3 is 0 Å². The van der Waals surface area contributed by atoms with Crippen molar-refractivity contribution in [3.63, 3.8) is 0 Å².